The number of fused-ring (bicyclic) bond motifs is 2. The van der Waals surface area contributed by atoms with Crippen LogP contribution in [0.3, 0.4) is 0 Å². The molecule has 1 N–H and O–H groups in total. The van der Waals surface area contributed by atoms with E-state index in [2.05, 4.69) is 0 Å². The molecule has 3 fully saturated rings. The molecule has 16 heavy (non-hydrogen) atoms. The second-order valence-corrected chi connectivity index (χ2v) is 5.73. The molecule has 0 amide bonds. The third-order valence-corrected chi connectivity index (χ3v) is 4.61. The van der Waals surface area contributed by atoms with E-state index >= 15 is 0 Å². The standard InChI is InChI=1S/C13H22O3/c14-12(8-13-15-3-4-16-13)7-11-6-9-1-2-10(11)5-9/h9-14H,1-8H2. The van der Waals surface area contributed by atoms with Crippen molar-refractivity contribution in [1.29, 1.82) is 0 Å². The normalized spacial score (nSPS) is 40.7. The summed E-state index contributed by atoms with van der Waals surface area (Å²) in [6.45, 7) is 1.37. The lowest BCUT2D eigenvalue weighted by Crippen LogP contribution is -2.23. The molecule has 1 heterocycles. The summed E-state index contributed by atoms with van der Waals surface area (Å²) in [4.78, 5) is 0. The van der Waals surface area contributed by atoms with E-state index in [-0.39, 0.29) is 12.4 Å². The molecule has 2 saturated carbocycles. The van der Waals surface area contributed by atoms with E-state index in [9.17, 15) is 5.11 Å². The van der Waals surface area contributed by atoms with Crippen molar-refractivity contribution in [3.8, 4) is 0 Å². The molecule has 3 nitrogen and oxygen atoms in total. The Labute approximate surface area is 97.1 Å². The van der Waals surface area contributed by atoms with Crippen LogP contribution in [0.25, 0.3) is 0 Å². The monoisotopic (exact) mass is 226 g/mol. The van der Waals surface area contributed by atoms with Crippen molar-refractivity contribution in [3.05, 3.63) is 0 Å². The number of aliphatic hydroxyl groups is 1. The van der Waals surface area contributed by atoms with Crippen molar-refractivity contribution in [3.63, 3.8) is 0 Å². The molecule has 0 aromatic heterocycles. The molecule has 2 aliphatic carbocycles. The van der Waals surface area contributed by atoms with Crippen LogP contribution >= 0.6 is 0 Å². The number of hydrogen-bond donors (Lipinski definition) is 1. The third kappa shape index (κ3) is 2.27. The van der Waals surface area contributed by atoms with Gasteiger partial charge in [0.25, 0.3) is 0 Å². The molecule has 4 atom stereocenters. The Kier molecular flexibility index (Phi) is 3.18. The molecule has 0 aromatic carbocycles. The van der Waals surface area contributed by atoms with E-state index in [1.807, 2.05) is 0 Å². The van der Waals surface area contributed by atoms with Crippen LogP contribution < -0.4 is 0 Å². The molecule has 2 bridgehead atoms. The van der Waals surface area contributed by atoms with Crippen molar-refractivity contribution in [1.82, 2.24) is 0 Å². The highest BCUT2D eigenvalue weighted by molar-refractivity contribution is 4.90. The molecule has 3 heteroatoms. The van der Waals surface area contributed by atoms with E-state index in [4.69, 9.17) is 9.47 Å². The van der Waals surface area contributed by atoms with Gasteiger partial charge < -0.3 is 14.6 Å². The van der Waals surface area contributed by atoms with Crippen molar-refractivity contribution in [2.24, 2.45) is 17.8 Å². The minimum atomic E-state index is -0.229. The maximum absolute atomic E-state index is 10.0. The molecule has 1 aliphatic heterocycles. The van der Waals surface area contributed by atoms with Gasteiger partial charge in [-0.05, 0) is 43.4 Å². The summed E-state index contributed by atoms with van der Waals surface area (Å²) in [6, 6.07) is 0. The first-order valence-corrected chi connectivity index (χ1v) is 6.72. The number of hydrogen-bond acceptors (Lipinski definition) is 3. The summed E-state index contributed by atoms with van der Waals surface area (Å²) in [5, 5.41) is 10.0. The average Bonchev–Trinajstić information content (AvgIpc) is 2.92. The first-order valence-electron chi connectivity index (χ1n) is 6.72. The highest BCUT2D eigenvalue weighted by Crippen LogP contribution is 2.50. The molecule has 1 saturated heterocycles. The average molecular weight is 226 g/mol. The van der Waals surface area contributed by atoms with Crippen LogP contribution in [0.4, 0.5) is 0 Å². The van der Waals surface area contributed by atoms with Gasteiger partial charge in [-0.1, -0.05) is 6.42 Å². The lowest BCUT2D eigenvalue weighted by atomic mass is 9.84. The van der Waals surface area contributed by atoms with Crippen LogP contribution in [0.2, 0.25) is 0 Å². The van der Waals surface area contributed by atoms with Gasteiger partial charge in [0.1, 0.15) is 0 Å². The highest BCUT2D eigenvalue weighted by Gasteiger charge is 2.40. The van der Waals surface area contributed by atoms with Gasteiger partial charge in [-0.3, -0.25) is 0 Å². The van der Waals surface area contributed by atoms with Gasteiger partial charge in [-0.25, -0.2) is 0 Å². The van der Waals surface area contributed by atoms with Gasteiger partial charge in [0.2, 0.25) is 0 Å². The lowest BCUT2D eigenvalue weighted by Gasteiger charge is -2.25. The van der Waals surface area contributed by atoms with Crippen molar-refractivity contribution < 1.29 is 14.6 Å². The molecular weight excluding hydrogens is 204 g/mol. The zero-order valence-corrected chi connectivity index (χ0v) is 9.81. The Balaban J connectivity index is 1.43. The Bertz CT molecular complexity index is 237. The maximum Gasteiger partial charge on any atom is 0.160 e. The van der Waals surface area contributed by atoms with Gasteiger partial charge in [-0.2, -0.15) is 0 Å². The fourth-order valence-electron chi connectivity index (χ4n) is 3.88. The number of ether oxygens (including phenoxy) is 2. The van der Waals surface area contributed by atoms with Gasteiger partial charge >= 0.3 is 0 Å². The Morgan fingerprint density at radius 3 is 2.50 bits per heavy atom. The predicted octanol–water partition coefficient (Wildman–Crippen LogP) is 1.94. The molecule has 3 aliphatic rings. The van der Waals surface area contributed by atoms with Crippen molar-refractivity contribution in [2.45, 2.75) is 50.9 Å². The zero-order chi connectivity index (χ0) is 11.0. The van der Waals surface area contributed by atoms with Crippen LogP contribution in [0.5, 0.6) is 0 Å². The topological polar surface area (TPSA) is 38.7 Å². The molecule has 0 aromatic rings. The molecule has 92 valence electrons. The minimum Gasteiger partial charge on any atom is -0.393 e. The zero-order valence-electron chi connectivity index (χ0n) is 9.81. The van der Waals surface area contributed by atoms with Gasteiger partial charge in [-0.15, -0.1) is 0 Å². The van der Waals surface area contributed by atoms with Crippen LogP contribution in [-0.2, 0) is 9.47 Å². The van der Waals surface area contributed by atoms with Crippen molar-refractivity contribution >= 4 is 0 Å². The Hall–Kier alpha value is -0.120. The summed E-state index contributed by atoms with van der Waals surface area (Å²) in [6.07, 6.45) is 6.87. The van der Waals surface area contributed by atoms with E-state index in [1.165, 1.54) is 25.7 Å². The smallest absolute Gasteiger partial charge is 0.160 e. The number of rotatable bonds is 4. The van der Waals surface area contributed by atoms with E-state index in [0.717, 1.165) is 24.2 Å². The fourth-order valence-corrected chi connectivity index (χ4v) is 3.88. The summed E-state index contributed by atoms with van der Waals surface area (Å²) in [5.41, 5.74) is 0. The molecule has 0 radical (unpaired) electrons. The van der Waals surface area contributed by atoms with E-state index in [0.29, 0.717) is 19.6 Å². The molecule has 4 unspecified atom stereocenters. The number of aliphatic hydroxyl groups excluding tert-OH is 1. The second-order valence-electron chi connectivity index (χ2n) is 5.73. The van der Waals surface area contributed by atoms with E-state index in [1.54, 1.807) is 0 Å². The fraction of sp³-hybridized carbons (Fsp3) is 1.00. The highest BCUT2D eigenvalue weighted by atomic mass is 16.7. The van der Waals surface area contributed by atoms with Crippen LogP contribution in [0.1, 0.15) is 38.5 Å². The quantitative estimate of drug-likeness (QED) is 0.796. The van der Waals surface area contributed by atoms with Crippen LogP contribution in [0, 0.1) is 17.8 Å². The second kappa shape index (κ2) is 4.63. The Morgan fingerprint density at radius 2 is 1.88 bits per heavy atom. The summed E-state index contributed by atoms with van der Waals surface area (Å²) >= 11 is 0. The lowest BCUT2D eigenvalue weighted by molar-refractivity contribution is -0.0739. The van der Waals surface area contributed by atoms with Gasteiger partial charge in [0.15, 0.2) is 6.29 Å². The minimum absolute atomic E-state index is 0.145. The van der Waals surface area contributed by atoms with Crippen LogP contribution in [0.15, 0.2) is 0 Å². The maximum atomic E-state index is 10.0. The largest absolute Gasteiger partial charge is 0.393 e. The molecule has 3 rings (SSSR count). The summed E-state index contributed by atoms with van der Waals surface area (Å²) in [7, 11) is 0. The van der Waals surface area contributed by atoms with Gasteiger partial charge in [0.05, 0.1) is 19.3 Å². The molecular formula is C13H22O3. The molecule has 0 spiro atoms. The first-order chi connectivity index (χ1) is 7.81. The van der Waals surface area contributed by atoms with Gasteiger partial charge in [0, 0.05) is 6.42 Å². The first kappa shape index (κ1) is 11.0. The SMILES string of the molecule is OC(CC1OCCO1)CC1CC2CCC1C2. The summed E-state index contributed by atoms with van der Waals surface area (Å²) < 4.78 is 10.7. The predicted molar refractivity (Wildman–Crippen MR) is 59.9 cm³/mol. The summed E-state index contributed by atoms with van der Waals surface area (Å²) in [5.74, 6) is 2.65. The third-order valence-electron chi connectivity index (χ3n) is 4.61. The van der Waals surface area contributed by atoms with E-state index < -0.39 is 0 Å². The van der Waals surface area contributed by atoms with Crippen molar-refractivity contribution in [2.75, 3.05) is 13.2 Å². The van der Waals surface area contributed by atoms with Crippen LogP contribution in [-0.4, -0.2) is 30.7 Å². The Morgan fingerprint density at radius 1 is 1.06 bits per heavy atom.